The van der Waals surface area contributed by atoms with Crippen LogP contribution in [0.15, 0.2) is 36.9 Å². The molecule has 0 saturated heterocycles. The molecule has 0 heterocycles. The van der Waals surface area contributed by atoms with E-state index in [0.717, 1.165) is 49.8 Å². The van der Waals surface area contributed by atoms with Crippen LogP contribution in [0.2, 0.25) is 0 Å². The lowest BCUT2D eigenvalue weighted by Crippen LogP contribution is -2.22. The maximum atomic E-state index is 12.4. The zero-order valence-corrected chi connectivity index (χ0v) is 11.6. The average molecular weight is 285 g/mol. The lowest BCUT2D eigenvalue weighted by atomic mass is 10.00. The van der Waals surface area contributed by atoms with Crippen molar-refractivity contribution in [2.24, 2.45) is 5.73 Å². The minimum atomic E-state index is -4.27. The van der Waals surface area contributed by atoms with Gasteiger partial charge in [-0.3, -0.25) is 0 Å². The summed E-state index contributed by atoms with van der Waals surface area (Å²) in [6, 6.07) is 5.27. The molecular formula is C16H22F3N. The molecule has 0 aliphatic rings. The summed E-state index contributed by atoms with van der Waals surface area (Å²) in [4.78, 5) is 0. The van der Waals surface area contributed by atoms with Crippen LogP contribution in [-0.2, 0) is 12.6 Å². The van der Waals surface area contributed by atoms with E-state index in [4.69, 9.17) is 5.73 Å². The van der Waals surface area contributed by atoms with Gasteiger partial charge in [-0.2, -0.15) is 13.2 Å². The Hall–Kier alpha value is -1.29. The van der Waals surface area contributed by atoms with Gasteiger partial charge in [0.05, 0.1) is 5.56 Å². The molecule has 0 aliphatic heterocycles. The standard InChI is InChI=1S/C16H22F3N/c1-2-3-4-5-6-7-15(20)12-13-8-10-14(11-9-13)16(17,18)19/h2,8-11,15H,1,3-7,12,20H2. The summed E-state index contributed by atoms with van der Waals surface area (Å²) in [6.45, 7) is 3.67. The van der Waals surface area contributed by atoms with E-state index in [-0.39, 0.29) is 6.04 Å². The molecule has 4 heteroatoms. The van der Waals surface area contributed by atoms with Gasteiger partial charge in [-0.05, 0) is 43.4 Å². The van der Waals surface area contributed by atoms with E-state index < -0.39 is 11.7 Å². The molecule has 1 nitrogen and oxygen atoms in total. The molecule has 0 aromatic heterocycles. The summed E-state index contributed by atoms with van der Waals surface area (Å²) in [5.74, 6) is 0. The number of hydrogen-bond acceptors (Lipinski definition) is 1. The van der Waals surface area contributed by atoms with Crippen LogP contribution in [0.3, 0.4) is 0 Å². The Kier molecular flexibility index (Phi) is 6.79. The Bertz CT molecular complexity index is 395. The van der Waals surface area contributed by atoms with E-state index >= 15 is 0 Å². The SMILES string of the molecule is C=CCCCCCC(N)Cc1ccc(C(F)(F)F)cc1. The van der Waals surface area contributed by atoms with Crippen LogP contribution in [0.1, 0.15) is 43.2 Å². The Labute approximate surface area is 118 Å². The van der Waals surface area contributed by atoms with Gasteiger partial charge in [0.25, 0.3) is 0 Å². The summed E-state index contributed by atoms with van der Waals surface area (Å²) in [5.41, 5.74) is 6.25. The Morgan fingerprint density at radius 3 is 2.30 bits per heavy atom. The molecule has 0 amide bonds. The highest BCUT2D eigenvalue weighted by atomic mass is 19.4. The molecule has 0 spiro atoms. The number of nitrogens with two attached hydrogens (primary N) is 1. The maximum Gasteiger partial charge on any atom is 0.416 e. The molecule has 112 valence electrons. The molecular weight excluding hydrogens is 263 g/mol. The van der Waals surface area contributed by atoms with E-state index in [1.165, 1.54) is 12.1 Å². The first kappa shape index (κ1) is 16.8. The topological polar surface area (TPSA) is 26.0 Å². The quantitative estimate of drug-likeness (QED) is 0.543. The van der Waals surface area contributed by atoms with Crippen molar-refractivity contribution in [3.63, 3.8) is 0 Å². The van der Waals surface area contributed by atoms with Gasteiger partial charge in [0.2, 0.25) is 0 Å². The van der Waals surface area contributed by atoms with Crippen molar-refractivity contribution in [1.82, 2.24) is 0 Å². The fourth-order valence-corrected chi connectivity index (χ4v) is 2.11. The van der Waals surface area contributed by atoms with Crippen LogP contribution >= 0.6 is 0 Å². The largest absolute Gasteiger partial charge is 0.416 e. The first-order chi connectivity index (χ1) is 9.43. The van der Waals surface area contributed by atoms with Gasteiger partial charge in [0.15, 0.2) is 0 Å². The first-order valence-electron chi connectivity index (χ1n) is 6.96. The fraction of sp³-hybridized carbons (Fsp3) is 0.500. The summed E-state index contributed by atoms with van der Waals surface area (Å²) in [6.07, 6.45) is 3.47. The van der Waals surface area contributed by atoms with E-state index in [9.17, 15) is 13.2 Å². The van der Waals surface area contributed by atoms with Crippen LogP contribution in [0.25, 0.3) is 0 Å². The fourth-order valence-electron chi connectivity index (χ4n) is 2.11. The van der Waals surface area contributed by atoms with Gasteiger partial charge >= 0.3 is 6.18 Å². The summed E-state index contributed by atoms with van der Waals surface area (Å²) >= 11 is 0. The summed E-state index contributed by atoms with van der Waals surface area (Å²) < 4.78 is 37.3. The normalized spacial score (nSPS) is 13.2. The molecule has 0 fully saturated rings. The van der Waals surface area contributed by atoms with E-state index in [2.05, 4.69) is 6.58 Å². The highest BCUT2D eigenvalue weighted by molar-refractivity contribution is 5.25. The van der Waals surface area contributed by atoms with Crippen molar-refractivity contribution in [3.05, 3.63) is 48.0 Å². The van der Waals surface area contributed by atoms with Crippen molar-refractivity contribution in [2.75, 3.05) is 0 Å². The van der Waals surface area contributed by atoms with Gasteiger partial charge in [-0.15, -0.1) is 6.58 Å². The molecule has 0 saturated carbocycles. The Morgan fingerprint density at radius 2 is 1.75 bits per heavy atom. The average Bonchev–Trinajstić information content (AvgIpc) is 2.38. The number of alkyl halides is 3. The van der Waals surface area contributed by atoms with Gasteiger partial charge in [0, 0.05) is 6.04 Å². The number of benzene rings is 1. The molecule has 0 aliphatic carbocycles. The number of hydrogen-bond donors (Lipinski definition) is 1. The maximum absolute atomic E-state index is 12.4. The number of unbranched alkanes of at least 4 members (excludes halogenated alkanes) is 3. The molecule has 0 radical (unpaired) electrons. The van der Waals surface area contributed by atoms with Gasteiger partial charge in [-0.1, -0.05) is 31.1 Å². The molecule has 20 heavy (non-hydrogen) atoms. The lowest BCUT2D eigenvalue weighted by molar-refractivity contribution is -0.137. The van der Waals surface area contributed by atoms with Crippen LogP contribution in [0.5, 0.6) is 0 Å². The number of halogens is 3. The predicted molar refractivity (Wildman–Crippen MR) is 76.4 cm³/mol. The van der Waals surface area contributed by atoms with Crippen molar-refractivity contribution in [1.29, 1.82) is 0 Å². The highest BCUT2D eigenvalue weighted by Crippen LogP contribution is 2.29. The van der Waals surface area contributed by atoms with Crippen LogP contribution in [-0.4, -0.2) is 6.04 Å². The van der Waals surface area contributed by atoms with Crippen LogP contribution in [0.4, 0.5) is 13.2 Å². The second kappa shape index (κ2) is 8.10. The van der Waals surface area contributed by atoms with Crippen molar-refractivity contribution in [3.8, 4) is 0 Å². The smallest absolute Gasteiger partial charge is 0.327 e. The third kappa shape index (κ3) is 6.24. The van der Waals surface area contributed by atoms with Crippen LogP contribution < -0.4 is 5.73 Å². The second-order valence-corrected chi connectivity index (χ2v) is 5.09. The van der Waals surface area contributed by atoms with Crippen molar-refractivity contribution in [2.45, 2.75) is 50.7 Å². The Balaban J connectivity index is 2.35. The minimum Gasteiger partial charge on any atom is -0.327 e. The highest BCUT2D eigenvalue weighted by Gasteiger charge is 2.29. The molecule has 1 aromatic carbocycles. The predicted octanol–water partition coefficient (Wildman–Crippen LogP) is 4.71. The van der Waals surface area contributed by atoms with E-state index in [0.29, 0.717) is 6.42 Å². The monoisotopic (exact) mass is 285 g/mol. The minimum absolute atomic E-state index is 0.00969. The molecule has 1 aromatic rings. The molecule has 2 N–H and O–H groups in total. The van der Waals surface area contributed by atoms with Gasteiger partial charge < -0.3 is 5.73 Å². The summed E-state index contributed by atoms with van der Waals surface area (Å²) in [7, 11) is 0. The number of allylic oxidation sites excluding steroid dienone is 1. The van der Waals surface area contributed by atoms with Crippen LogP contribution in [0, 0.1) is 0 Å². The zero-order valence-electron chi connectivity index (χ0n) is 11.6. The van der Waals surface area contributed by atoms with Gasteiger partial charge in [-0.25, -0.2) is 0 Å². The molecule has 0 bridgehead atoms. The first-order valence-corrected chi connectivity index (χ1v) is 6.96. The van der Waals surface area contributed by atoms with Crippen molar-refractivity contribution >= 4 is 0 Å². The molecule has 1 atom stereocenters. The third-order valence-corrected chi connectivity index (χ3v) is 3.26. The summed E-state index contributed by atoms with van der Waals surface area (Å²) in [5, 5.41) is 0. The Morgan fingerprint density at radius 1 is 1.10 bits per heavy atom. The van der Waals surface area contributed by atoms with Gasteiger partial charge in [0.1, 0.15) is 0 Å². The zero-order chi connectivity index (χ0) is 15.0. The van der Waals surface area contributed by atoms with E-state index in [1.807, 2.05) is 6.08 Å². The lowest BCUT2D eigenvalue weighted by Gasteiger charge is -2.12. The number of rotatable bonds is 8. The molecule has 1 unspecified atom stereocenters. The van der Waals surface area contributed by atoms with E-state index in [1.54, 1.807) is 0 Å². The molecule has 1 rings (SSSR count). The van der Waals surface area contributed by atoms with Crippen molar-refractivity contribution < 1.29 is 13.2 Å². The second-order valence-electron chi connectivity index (χ2n) is 5.09. The third-order valence-electron chi connectivity index (χ3n) is 3.26.